The van der Waals surface area contributed by atoms with Gasteiger partial charge in [-0.15, -0.1) is 0 Å². The SMILES string of the molecule is COc1ccccc1N1CCN(C(=O)Cn2ccn(-c3ccccc3C)c(=O)c2=O)CC1. The number of aromatic nitrogens is 2. The first-order valence-corrected chi connectivity index (χ1v) is 10.5. The molecule has 4 rings (SSSR count). The molecular weight excluding hydrogens is 408 g/mol. The van der Waals surface area contributed by atoms with Crippen LogP contribution >= 0.6 is 0 Å². The van der Waals surface area contributed by atoms with Crippen molar-refractivity contribution in [3.05, 3.63) is 87.2 Å². The van der Waals surface area contributed by atoms with Crippen LogP contribution < -0.4 is 20.8 Å². The minimum absolute atomic E-state index is 0.155. The van der Waals surface area contributed by atoms with E-state index in [0.29, 0.717) is 31.9 Å². The number of hydrogen-bond acceptors (Lipinski definition) is 5. The zero-order chi connectivity index (χ0) is 22.7. The summed E-state index contributed by atoms with van der Waals surface area (Å²) in [5.74, 6) is 0.618. The Morgan fingerprint density at radius 3 is 2.22 bits per heavy atom. The Balaban J connectivity index is 1.45. The van der Waals surface area contributed by atoms with Gasteiger partial charge in [0.1, 0.15) is 12.3 Å². The van der Waals surface area contributed by atoms with Crippen molar-refractivity contribution in [1.29, 1.82) is 0 Å². The Hall–Kier alpha value is -3.81. The molecule has 0 saturated carbocycles. The first-order valence-electron chi connectivity index (χ1n) is 10.5. The molecule has 8 heteroatoms. The summed E-state index contributed by atoms with van der Waals surface area (Å²) in [6.07, 6.45) is 3.04. The summed E-state index contributed by atoms with van der Waals surface area (Å²) >= 11 is 0. The van der Waals surface area contributed by atoms with Crippen LogP contribution in [0, 0.1) is 6.92 Å². The summed E-state index contributed by atoms with van der Waals surface area (Å²) in [6, 6.07) is 15.1. The number of nitrogens with zero attached hydrogens (tertiary/aromatic N) is 4. The molecule has 2 heterocycles. The number of benzene rings is 2. The summed E-state index contributed by atoms with van der Waals surface area (Å²) < 4.78 is 7.94. The van der Waals surface area contributed by atoms with Crippen molar-refractivity contribution in [1.82, 2.24) is 14.0 Å². The van der Waals surface area contributed by atoms with E-state index < -0.39 is 11.1 Å². The van der Waals surface area contributed by atoms with Crippen LogP contribution in [0.3, 0.4) is 0 Å². The first-order chi connectivity index (χ1) is 15.5. The molecule has 1 aromatic heterocycles. The van der Waals surface area contributed by atoms with Crippen LogP contribution in [0.25, 0.3) is 5.69 Å². The van der Waals surface area contributed by atoms with Crippen LogP contribution in [0.15, 0.2) is 70.5 Å². The van der Waals surface area contributed by atoms with Gasteiger partial charge >= 0.3 is 11.1 Å². The maximum Gasteiger partial charge on any atom is 0.320 e. The second-order valence-electron chi connectivity index (χ2n) is 7.73. The van der Waals surface area contributed by atoms with Crippen LogP contribution in [0.1, 0.15) is 5.56 Å². The number of carbonyl (C=O) groups excluding carboxylic acids is 1. The van der Waals surface area contributed by atoms with E-state index in [9.17, 15) is 14.4 Å². The second kappa shape index (κ2) is 9.13. The fourth-order valence-corrected chi connectivity index (χ4v) is 3.99. The molecule has 32 heavy (non-hydrogen) atoms. The highest BCUT2D eigenvalue weighted by Crippen LogP contribution is 2.28. The molecule has 0 bridgehead atoms. The Morgan fingerprint density at radius 2 is 1.53 bits per heavy atom. The minimum Gasteiger partial charge on any atom is -0.495 e. The van der Waals surface area contributed by atoms with E-state index in [1.54, 1.807) is 24.3 Å². The van der Waals surface area contributed by atoms with E-state index in [-0.39, 0.29) is 12.5 Å². The van der Waals surface area contributed by atoms with Crippen molar-refractivity contribution >= 4 is 11.6 Å². The minimum atomic E-state index is -0.711. The number of ether oxygens (including phenoxy) is 1. The molecule has 166 valence electrons. The van der Waals surface area contributed by atoms with E-state index in [1.165, 1.54) is 15.3 Å². The van der Waals surface area contributed by atoms with Crippen LogP contribution in [-0.4, -0.2) is 53.2 Å². The largest absolute Gasteiger partial charge is 0.495 e. The van der Waals surface area contributed by atoms with Crippen LogP contribution in [0.4, 0.5) is 5.69 Å². The van der Waals surface area contributed by atoms with Crippen molar-refractivity contribution in [2.45, 2.75) is 13.5 Å². The predicted molar refractivity (Wildman–Crippen MR) is 123 cm³/mol. The van der Waals surface area contributed by atoms with Gasteiger partial charge in [-0.05, 0) is 30.7 Å². The average Bonchev–Trinajstić information content (AvgIpc) is 2.83. The third-order valence-corrected chi connectivity index (χ3v) is 5.80. The fourth-order valence-electron chi connectivity index (χ4n) is 3.99. The molecule has 0 aliphatic carbocycles. The maximum atomic E-state index is 12.8. The molecule has 3 aromatic rings. The molecule has 0 unspecified atom stereocenters. The van der Waals surface area contributed by atoms with Gasteiger partial charge in [-0.3, -0.25) is 23.5 Å². The molecule has 1 amide bonds. The second-order valence-corrected chi connectivity index (χ2v) is 7.73. The van der Waals surface area contributed by atoms with Gasteiger partial charge in [-0.2, -0.15) is 0 Å². The molecule has 0 atom stereocenters. The van der Waals surface area contributed by atoms with E-state index in [0.717, 1.165) is 17.0 Å². The van der Waals surface area contributed by atoms with E-state index in [1.807, 2.05) is 49.4 Å². The molecule has 1 aliphatic rings. The van der Waals surface area contributed by atoms with Crippen molar-refractivity contribution in [2.75, 3.05) is 38.2 Å². The normalized spacial score (nSPS) is 13.8. The number of anilines is 1. The van der Waals surface area contributed by atoms with Gasteiger partial charge in [0.25, 0.3) is 0 Å². The quantitative estimate of drug-likeness (QED) is 0.571. The van der Waals surface area contributed by atoms with E-state index >= 15 is 0 Å². The van der Waals surface area contributed by atoms with Gasteiger partial charge in [-0.25, -0.2) is 0 Å². The van der Waals surface area contributed by atoms with Gasteiger partial charge < -0.3 is 14.5 Å². The van der Waals surface area contributed by atoms with E-state index in [4.69, 9.17) is 4.74 Å². The van der Waals surface area contributed by atoms with Crippen molar-refractivity contribution in [2.24, 2.45) is 0 Å². The summed E-state index contributed by atoms with van der Waals surface area (Å²) in [5, 5.41) is 0. The van der Waals surface area contributed by atoms with Crippen LogP contribution in [0.2, 0.25) is 0 Å². The Morgan fingerprint density at radius 1 is 0.875 bits per heavy atom. The smallest absolute Gasteiger partial charge is 0.320 e. The molecular formula is C24H26N4O4. The fraction of sp³-hybridized carbons (Fsp3) is 0.292. The lowest BCUT2D eigenvalue weighted by atomic mass is 10.2. The molecule has 2 aromatic carbocycles. The first kappa shape index (κ1) is 21.4. The lowest BCUT2D eigenvalue weighted by Gasteiger charge is -2.36. The van der Waals surface area contributed by atoms with Gasteiger partial charge in [0.2, 0.25) is 5.91 Å². The Labute approximate surface area is 185 Å². The Kier molecular flexibility index (Phi) is 6.11. The predicted octanol–water partition coefficient (Wildman–Crippen LogP) is 1.67. The third-order valence-electron chi connectivity index (χ3n) is 5.80. The number of rotatable bonds is 5. The van der Waals surface area contributed by atoms with E-state index in [2.05, 4.69) is 4.90 Å². The van der Waals surface area contributed by atoms with Gasteiger partial charge in [0.15, 0.2) is 0 Å². The highest BCUT2D eigenvalue weighted by molar-refractivity contribution is 5.76. The Bertz CT molecular complexity index is 1240. The molecule has 8 nitrogen and oxygen atoms in total. The zero-order valence-electron chi connectivity index (χ0n) is 18.2. The van der Waals surface area contributed by atoms with Gasteiger partial charge in [0.05, 0.1) is 18.5 Å². The number of carbonyl (C=O) groups is 1. The number of para-hydroxylation sites is 3. The molecule has 0 N–H and O–H groups in total. The lowest BCUT2D eigenvalue weighted by Crippen LogP contribution is -2.51. The highest BCUT2D eigenvalue weighted by atomic mass is 16.5. The van der Waals surface area contributed by atoms with Crippen molar-refractivity contribution < 1.29 is 9.53 Å². The monoisotopic (exact) mass is 434 g/mol. The summed E-state index contributed by atoms with van der Waals surface area (Å²) in [6.45, 7) is 4.11. The zero-order valence-corrected chi connectivity index (χ0v) is 18.2. The molecule has 0 radical (unpaired) electrons. The number of amides is 1. The summed E-state index contributed by atoms with van der Waals surface area (Å²) in [7, 11) is 1.64. The lowest BCUT2D eigenvalue weighted by molar-refractivity contribution is -0.132. The maximum absolute atomic E-state index is 12.8. The standard InChI is InChI=1S/C24H26N4O4/c1-18-7-3-4-8-19(18)28-16-15-27(23(30)24(28)31)17-22(29)26-13-11-25(12-14-26)20-9-5-6-10-21(20)32-2/h3-10,15-16H,11-14,17H2,1-2H3. The number of aryl methyl sites for hydroxylation is 1. The molecule has 1 saturated heterocycles. The van der Waals surface area contributed by atoms with Gasteiger partial charge in [0, 0.05) is 38.6 Å². The number of hydrogen-bond donors (Lipinski definition) is 0. The number of piperazine rings is 1. The summed E-state index contributed by atoms with van der Waals surface area (Å²) in [5.41, 5.74) is 1.15. The van der Waals surface area contributed by atoms with Crippen molar-refractivity contribution in [3.63, 3.8) is 0 Å². The summed E-state index contributed by atoms with van der Waals surface area (Å²) in [4.78, 5) is 42.0. The third kappa shape index (κ3) is 4.16. The molecule has 0 spiro atoms. The molecule has 1 aliphatic heterocycles. The number of methoxy groups -OCH3 is 1. The van der Waals surface area contributed by atoms with Gasteiger partial charge in [-0.1, -0.05) is 30.3 Å². The average molecular weight is 434 g/mol. The topological polar surface area (TPSA) is 76.8 Å². The highest BCUT2D eigenvalue weighted by Gasteiger charge is 2.23. The van der Waals surface area contributed by atoms with Crippen LogP contribution in [0.5, 0.6) is 5.75 Å². The molecule has 1 fully saturated rings. The van der Waals surface area contributed by atoms with Crippen LogP contribution in [-0.2, 0) is 11.3 Å². The van der Waals surface area contributed by atoms with Crippen molar-refractivity contribution in [3.8, 4) is 11.4 Å².